The maximum absolute atomic E-state index is 13.4. The van der Waals surface area contributed by atoms with Crippen LogP contribution in [0, 0.1) is 5.82 Å². The molecule has 0 bridgehead atoms. The van der Waals surface area contributed by atoms with Crippen molar-refractivity contribution in [2.45, 2.75) is 19.8 Å². The molecule has 0 aliphatic rings. The Hall–Kier alpha value is -1.16. The van der Waals surface area contributed by atoms with Crippen molar-refractivity contribution in [1.29, 1.82) is 0 Å². The van der Waals surface area contributed by atoms with Gasteiger partial charge in [0, 0.05) is 0 Å². The van der Waals surface area contributed by atoms with Crippen molar-refractivity contribution in [3.05, 3.63) is 29.6 Å². The third-order valence-electron chi connectivity index (χ3n) is 1.98. The molecule has 0 unspecified atom stereocenters. The number of rotatable bonds is 5. The van der Waals surface area contributed by atoms with Crippen molar-refractivity contribution in [3.8, 4) is 5.75 Å². The first-order valence-corrected chi connectivity index (χ1v) is 5.28. The first-order chi connectivity index (χ1) is 7.16. The lowest BCUT2D eigenvalue weighted by molar-refractivity contribution is 0.307. The molecule has 0 atom stereocenters. The second-order valence-corrected chi connectivity index (χ2v) is 3.62. The van der Waals surface area contributed by atoms with E-state index in [9.17, 15) is 4.39 Å². The van der Waals surface area contributed by atoms with Crippen molar-refractivity contribution < 1.29 is 9.13 Å². The Bertz CT molecular complexity index is 354. The fraction of sp³-hybridized carbons (Fsp3) is 0.364. The highest BCUT2D eigenvalue weighted by Crippen LogP contribution is 2.21. The average molecular weight is 227 g/mol. The van der Waals surface area contributed by atoms with Crippen LogP contribution in [0.25, 0.3) is 0 Å². The topological polar surface area (TPSA) is 35.2 Å². The van der Waals surface area contributed by atoms with Gasteiger partial charge in [0.05, 0.1) is 12.2 Å². The second-order valence-electron chi connectivity index (χ2n) is 3.18. The van der Waals surface area contributed by atoms with Gasteiger partial charge in [0.25, 0.3) is 0 Å². The predicted octanol–water partition coefficient (Wildman–Crippen LogP) is 2.64. The minimum atomic E-state index is -0.434. The molecule has 0 aliphatic heterocycles. The van der Waals surface area contributed by atoms with Crippen LogP contribution in [0.3, 0.4) is 0 Å². The summed E-state index contributed by atoms with van der Waals surface area (Å²) in [5.74, 6) is -0.00699. The van der Waals surface area contributed by atoms with Crippen LogP contribution in [0.1, 0.15) is 25.3 Å². The highest BCUT2D eigenvalue weighted by Gasteiger charge is 2.11. The molecule has 0 heterocycles. The zero-order chi connectivity index (χ0) is 11.3. The average Bonchev–Trinajstić information content (AvgIpc) is 2.17. The number of hydrogen-bond acceptors (Lipinski definition) is 2. The normalized spacial score (nSPS) is 10.0. The molecular weight excluding hydrogens is 213 g/mol. The van der Waals surface area contributed by atoms with Gasteiger partial charge < -0.3 is 10.5 Å². The number of unbranched alkanes of at least 4 members (excludes halogenated alkanes) is 1. The highest BCUT2D eigenvalue weighted by molar-refractivity contribution is 7.80. The van der Waals surface area contributed by atoms with E-state index in [0.29, 0.717) is 12.4 Å². The standard InChI is InChI=1S/C11H14FNOS/c1-2-3-7-14-9-6-4-5-8(12)10(9)11(13)15/h4-6H,2-3,7H2,1H3,(H2,13,15). The first-order valence-electron chi connectivity index (χ1n) is 4.88. The van der Waals surface area contributed by atoms with Crippen molar-refractivity contribution in [2.75, 3.05) is 6.61 Å². The minimum absolute atomic E-state index is 0.0274. The van der Waals surface area contributed by atoms with Gasteiger partial charge in [-0.15, -0.1) is 0 Å². The molecule has 15 heavy (non-hydrogen) atoms. The van der Waals surface area contributed by atoms with Gasteiger partial charge in [-0.2, -0.15) is 0 Å². The quantitative estimate of drug-likeness (QED) is 0.620. The summed E-state index contributed by atoms with van der Waals surface area (Å²) in [7, 11) is 0. The maximum Gasteiger partial charge on any atom is 0.137 e. The predicted molar refractivity (Wildman–Crippen MR) is 62.7 cm³/mol. The Morgan fingerprint density at radius 3 is 2.87 bits per heavy atom. The Kier molecular flexibility index (Phi) is 4.49. The van der Waals surface area contributed by atoms with E-state index in [1.807, 2.05) is 0 Å². The van der Waals surface area contributed by atoms with Crippen molar-refractivity contribution in [1.82, 2.24) is 0 Å². The largest absolute Gasteiger partial charge is 0.493 e. The van der Waals surface area contributed by atoms with E-state index in [2.05, 4.69) is 6.92 Å². The fourth-order valence-corrected chi connectivity index (χ4v) is 1.39. The van der Waals surface area contributed by atoms with Crippen molar-refractivity contribution in [3.63, 3.8) is 0 Å². The summed E-state index contributed by atoms with van der Waals surface area (Å²) in [6.07, 6.45) is 1.95. The van der Waals surface area contributed by atoms with Gasteiger partial charge in [0.2, 0.25) is 0 Å². The zero-order valence-electron chi connectivity index (χ0n) is 8.63. The summed E-state index contributed by atoms with van der Waals surface area (Å²) in [5, 5.41) is 0. The summed E-state index contributed by atoms with van der Waals surface area (Å²) in [6, 6.07) is 4.58. The van der Waals surface area contributed by atoms with E-state index in [0.717, 1.165) is 12.8 Å². The van der Waals surface area contributed by atoms with Crippen LogP contribution in [-0.2, 0) is 0 Å². The van der Waals surface area contributed by atoms with E-state index in [1.165, 1.54) is 6.07 Å². The summed E-state index contributed by atoms with van der Waals surface area (Å²) >= 11 is 4.77. The highest BCUT2D eigenvalue weighted by atomic mass is 32.1. The lowest BCUT2D eigenvalue weighted by Gasteiger charge is -2.10. The van der Waals surface area contributed by atoms with Crippen LogP contribution in [0.5, 0.6) is 5.75 Å². The van der Waals surface area contributed by atoms with Gasteiger partial charge in [-0.3, -0.25) is 0 Å². The molecule has 2 nitrogen and oxygen atoms in total. The van der Waals surface area contributed by atoms with Crippen LogP contribution in [-0.4, -0.2) is 11.6 Å². The monoisotopic (exact) mass is 227 g/mol. The summed E-state index contributed by atoms with van der Waals surface area (Å²) in [5.41, 5.74) is 5.63. The van der Waals surface area contributed by atoms with E-state index in [-0.39, 0.29) is 10.6 Å². The molecule has 1 aromatic carbocycles. The third kappa shape index (κ3) is 3.16. The maximum atomic E-state index is 13.4. The molecule has 0 aliphatic carbocycles. The molecule has 0 radical (unpaired) electrons. The molecule has 0 aromatic heterocycles. The van der Waals surface area contributed by atoms with E-state index in [4.69, 9.17) is 22.7 Å². The molecule has 0 spiro atoms. The van der Waals surface area contributed by atoms with Gasteiger partial charge in [-0.25, -0.2) is 4.39 Å². The Morgan fingerprint density at radius 1 is 1.53 bits per heavy atom. The van der Waals surface area contributed by atoms with Gasteiger partial charge in [0.15, 0.2) is 0 Å². The fourth-order valence-electron chi connectivity index (χ4n) is 1.19. The van der Waals surface area contributed by atoms with E-state index in [1.54, 1.807) is 12.1 Å². The van der Waals surface area contributed by atoms with Crippen LogP contribution < -0.4 is 10.5 Å². The van der Waals surface area contributed by atoms with Crippen LogP contribution >= 0.6 is 12.2 Å². The van der Waals surface area contributed by atoms with E-state index < -0.39 is 5.82 Å². The number of nitrogens with two attached hydrogens (primary N) is 1. The van der Waals surface area contributed by atoms with Crippen molar-refractivity contribution >= 4 is 17.2 Å². The Morgan fingerprint density at radius 2 is 2.27 bits per heavy atom. The number of ether oxygens (including phenoxy) is 1. The smallest absolute Gasteiger partial charge is 0.137 e. The molecule has 82 valence electrons. The molecular formula is C11H14FNOS. The SMILES string of the molecule is CCCCOc1cccc(F)c1C(N)=S. The minimum Gasteiger partial charge on any atom is -0.493 e. The first kappa shape index (κ1) is 11.9. The summed E-state index contributed by atoms with van der Waals surface area (Å²) in [6.45, 7) is 2.61. The summed E-state index contributed by atoms with van der Waals surface area (Å²) in [4.78, 5) is 0.0274. The Balaban J connectivity index is 2.86. The summed E-state index contributed by atoms with van der Waals surface area (Å²) < 4.78 is 18.8. The van der Waals surface area contributed by atoms with Crippen LogP contribution in [0.4, 0.5) is 4.39 Å². The molecule has 1 aromatic rings. The molecule has 0 saturated carbocycles. The van der Waals surface area contributed by atoms with Gasteiger partial charge in [0.1, 0.15) is 16.6 Å². The molecule has 0 amide bonds. The third-order valence-corrected chi connectivity index (χ3v) is 2.18. The number of halogens is 1. The van der Waals surface area contributed by atoms with Gasteiger partial charge in [-0.1, -0.05) is 31.6 Å². The van der Waals surface area contributed by atoms with Crippen LogP contribution in [0.15, 0.2) is 18.2 Å². The lowest BCUT2D eigenvalue weighted by Crippen LogP contribution is -2.14. The molecule has 0 fully saturated rings. The second kappa shape index (κ2) is 5.66. The molecule has 4 heteroatoms. The lowest BCUT2D eigenvalue weighted by atomic mass is 10.2. The van der Waals surface area contributed by atoms with Crippen LogP contribution in [0.2, 0.25) is 0 Å². The number of hydrogen-bond donors (Lipinski definition) is 1. The number of thiocarbonyl (C=S) groups is 1. The van der Waals surface area contributed by atoms with Gasteiger partial charge >= 0.3 is 0 Å². The van der Waals surface area contributed by atoms with Gasteiger partial charge in [-0.05, 0) is 18.6 Å². The number of benzene rings is 1. The molecule has 1 rings (SSSR count). The molecule has 0 saturated heterocycles. The van der Waals surface area contributed by atoms with E-state index >= 15 is 0 Å². The Labute approximate surface area is 94.2 Å². The zero-order valence-corrected chi connectivity index (χ0v) is 9.44. The van der Waals surface area contributed by atoms with Crippen molar-refractivity contribution in [2.24, 2.45) is 5.73 Å². The molecule has 2 N–H and O–H groups in total.